The molecule has 104 valence electrons. The third kappa shape index (κ3) is 2.88. The first-order valence-electron chi connectivity index (χ1n) is 6.66. The van der Waals surface area contributed by atoms with Gasteiger partial charge >= 0.3 is 0 Å². The highest BCUT2D eigenvalue weighted by atomic mass is 16.5. The molecule has 0 spiro atoms. The smallest absolute Gasteiger partial charge is 0.260 e. The fourth-order valence-electron chi connectivity index (χ4n) is 2.19. The van der Waals surface area contributed by atoms with E-state index in [-0.39, 0.29) is 12.5 Å². The SMILES string of the molecule is O=C(COc1ccc2ncccc2c1)N1CCOCC1. The molecule has 0 aliphatic carbocycles. The summed E-state index contributed by atoms with van der Waals surface area (Å²) in [5.74, 6) is 0.687. The van der Waals surface area contributed by atoms with Gasteiger partial charge in [0.05, 0.1) is 18.7 Å². The zero-order chi connectivity index (χ0) is 13.8. The third-order valence-electron chi connectivity index (χ3n) is 3.30. The van der Waals surface area contributed by atoms with E-state index < -0.39 is 0 Å². The Kier molecular flexibility index (Phi) is 3.78. The maximum absolute atomic E-state index is 12.0. The Labute approximate surface area is 117 Å². The molecule has 1 saturated heterocycles. The van der Waals surface area contributed by atoms with Crippen LogP contribution in [0.25, 0.3) is 10.9 Å². The molecule has 0 N–H and O–H groups in total. The van der Waals surface area contributed by atoms with Crippen LogP contribution in [-0.4, -0.2) is 48.7 Å². The second kappa shape index (κ2) is 5.88. The second-order valence-corrected chi connectivity index (χ2v) is 4.64. The first-order chi connectivity index (χ1) is 9.83. The Morgan fingerprint density at radius 3 is 3.00 bits per heavy atom. The number of rotatable bonds is 3. The van der Waals surface area contributed by atoms with E-state index in [4.69, 9.17) is 9.47 Å². The largest absolute Gasteiger partial charge is 0.484 e. The Bertz CT molecular complexity index is 609. The lowest BCUT2D eigenvalue weighted by atomic mass is 10.2. The van der Waals surface area contributed by atoms with Gasteiger partial charge in [-0.2, -0.15) is 0 Å². The number of fused-ring (bicyclic) bond motifs is 1. The van der Waals surface area contributed by atoms with Crippen LogP contribution in [0.2, 0.25) is 0 Å². The molecule has 1 aliphatic heterocycles. The molecule has 20 heavy (non-hydrogen) atoms. The molecule has 0 bridgehead atoms. The van der Waals surface area contributed by atoms with Crippen molar-refractivity contribution in [1.82, 2.24) is 9.88 Å². The number of morpholine rings is 1. The Balaban J connectivity index is 1.62. The Morgan fingerprint density at radius 2 is 2.15 bits per heavy atom. The number of carbonyl (C=O) groups is 1. The van der Waals surface area contributed by atoms with Gasteiger partial charge in [-0.15, -0.1) is 0 Å². The molecule has 1 aromatic carbocycles. The lowest BCUT2D eigenvalue weighted by molar-refractivity contribution is -0.137. The van der Waals surface area contributed by atoms with Crippen LogP contribution in [0.1, 0.15) is 0 Å². The molecule has 1 fully saturated rings. The summed E-state index contributed by atoms with van der Waals surface area (Å²) < 4.78 is 10.8. The Hall–Kier alpha value is -2.14. The minimum atomic E-state index is -0.000386. The molecule has 0 unspecified atom stereocenters. The van der Waals surface area contributed by atoms with Gasteiger partial charge < -0.3 is 14.4 Å². The third-order valence-corrected chi connectivity index (χ3v) is 3.30. The predicted octanol–water partition coefficient (Wildman–Crippen LogP) is 1.47. The number of ether oxygens (including phenoxy) is 2. The van der Waals surface area contributed by atoms with Gasteiger partial charge in [0.2, 0.25) is 0 Å². The topological polar surface area (TPSA) is 51.7 Å². The molecule has 1 amide bonds. The number of aromatic nitrogens is 1. The average Bonchev–Trinajstić information content (AvgIpc) is 2.53. The molecular formula is C15H16N2O3. The van der Waals surface area contributed by atoms with E-state index in [0.29, 0.717) is 32.1 Å². The molecular weight excluding hydrogens is 256 g/mol. The van der Waals surface area contributed by atoms with Crippen molar-refractivity contribution in [3.63, 3.8) is 0 Å². The molecule has 0 atom stereocenters. The summed E-state index contributed by atoms with van der Waals surface area (Å²) in [5, 5.41) is 1.00. The van der Waals surface area contributed by atoms with E-state index in [9.17, 15) is 4.79 Å². The van der Waals surface area contributed by atoms with E-state index in [1.807, 2.05) is 30.3 Å². The monoisotopic (exact) mass is 272 g/mol. The lowest BCUT2D eigenvalue weighted by Crippen LogP contribution is -2.42. The van der Waals surface area contributed by atoms with Gasteiger partial charge in [0.1, 0.15) is 5.75 Å². The van der Waals surface area contributed by atoms with Gasteiger partial charge in [-0.3, -0.25) is 9.78 Å². The van der Waals surface area contributed by atoms with Gasteiger partial charge in [0.15, 0.2) is 6.61 Å². The normalized spacial score (nSPS) is 15.3. The summed E-state index contributed by atoms with van der Waals surface area (Å²) in [5.41, 5.74) is 0.916. The van der Waals surface area contributed by atoms with E-state index >= 15 is 0 Å². The van der Waals surface area contributed by atoms with E-state index in [2.05, 4.69) is 4.98 Å². The van der Waals surface area contributed by atoms with Crippen LogP contribution in [0, 0.1) is 0 Å². The quantitative estimate of drug-likeness (QED) is 0.849. The van der Waals surface area contributed by atoms with Crippen molar-refractivity contribution in [2.24, 2.45) is 0 Å². The molecule has 1 aliphatic rings. The standard InChI is InChI=1S/C15H16N2O3/c18-15(17-6-8-19-9-7-17)11-20-13-3-4-14-12(10-13)2-1-5-16-14/h1-5,10H,6-9,11H2. The van der Waals surface area contributed by atoms with Crippen LogP contribution >= 0.6 is 0 Å². The molecule has 5 nitrogen and oxygen atoms in total. The van der Waals surface area contributed by atoms with Crippen LogP contribution in [-0.2, 0) is 9.53 Å². The second-order valence-electron chi connectivity index (χ2n) is 4.64. The number of carbonyl (C=O) groups excluding carboxylic acids is 1. The number of hydrogen-bond donors (Lipinski definition) is 0. The fraction of sp³-hybridized carbons (Fsp3) is 0.333. The summed E-state index contributed by atoms with van der Waals surface area (Å²) >= 11 is 0. The van der Waals surface area contributed by atoms with Gasteiger partial charge in [-0.1, -0.05) is 6.07 Å². The molecule has 5 heteroatoms. The predicted molar refractivity (Wildman–Crippen MR) is 74.6 cm³/mol. The number of hydrogen-bond acceptors (Lipinski definition) is 4. The number of pyridine rings is 1. The van der Waals surface area contributed by atoms with Crippen LogP contribution in [0.5, 0.6) is 5.75 Å². The summed E-state index contributed by atoms with van der Waals surface area (Å²) in [6.07, 6.45) is 1.75. The van der Waals surface area contributed by atoms with Crippen molar-refractivity contribution in [3.8, 4) is 5.75 Å². The Morgan fingerprint density at radius 1 is 1.30 bits per heavy atom. The van der Waals surface area contributed by atoms with Crippen molar-refractivity contribution < 1.29 is 14.3 Å². The maximum Gasteiger partial charge on any atom is 0.260 e. The first-order valence-corrected chi connectivity index (χ1v) is 6.66. The van der Waals surface area contributed by atoms with Crippen LogP contribution in [0.15, 0.2) is 36.5 Å². The first kappa shape index (κ1) is 12.9. The fourth-order valence-corrected chi connectivity index (χ4v) is 2.19. The van der Waals surface area contributed by atoms with Crippen LogP contribution in [0.4, 0.5) is 0 Å². The number of benzene rings is 1. The van der Waals surface area contributed by atoms with Crippen molar-refractivity contribution in [3.05, 3.63) is 36.5 Å². The van der Waals surface area contributed by atoms with E-state index in [1.165, 1.54) is 0 Å². The van der Waals surface area contributed by atoms with Crippen molar-refractivity contribution in [2.45, 2.75) is 0 Å². The van der Waals surface area contributed by atoms with Crippen LogP contribution < -0.4 is 4.74 Å². The number of nitrogens with zero attached hydrogens (tertiary/aromatic N) is 2. The average molecular weight is 272 g/mol. The van der Waals surface area contributed by atoms with Gasteiger partial charge in [0, 0.05) is 24.7 Å². The minimum absolute atomic E-state index is 0.000386. The van der Waals surface area contributed by atoms with Gasteiger partial charge in [-0.25, -0.2) is 0 Å². The minimum Gasteiger partial charge on any atom is -0.484 e. The zero-order valence-electron chi connectivity index (χ0n) is 11.1. The maximum atomic E-state index is 12.0. The summed E-state index contributed by atoms with van der Waals surface area (Å²) in [7, 11) is 0. The highest BCUT2D eigenvalue weighted by molar-refractivity contribution is 5.80. The molecule has 2 heterocycles. The van der Waals surface area contributed by atoms with E-state index in [0.717, 1.165) is 10.9 Å². The summed E-state index contributed by atoms with van der Waals surface area (Å²) in [4.78, 5) is 18.0. The zero-order valence-corrected chi connectivity index (χ0v) is 11.1. The summed E-state index contributed by atoms with van der Waals surface area (Å²) in [6, 6.07) is 9.48. The molecule has 0 saturated carbocycles. The molecule has 1 aromatic heterocycles. The van der Waals surface area contributed by atoms with Crippen molar-refractivity contribution in [1.29, 1.82) is 0 Å². The number of amides is 1. The van der Waals surface area contributed by atoms with E-state index in [1.54, 1.807) is 11.1 Å². The molecule has 0 radical (unpaired) electrons. The molecule has 3 rings (SSSR count). The van der Waals surface area contributed by atoms with Crippen molar-refractivity contribution >= 4 is 16.8 Å². The summed E-state index contributed by atoms with van der Waals surface area (Å²) in [6.45, 7) is 2.56. The molecule has 2 aromatic rings. The van der Waals surface area contributed by atoms with Crippen LogP contribution in [0.3, 0.4) is 0 Å². The van der Waals surface area contributed by atoms with Crippen molar-refractivity contribution in [2.75, 3.05) is 32.9 Å². The lowest BCUT2D eigenvalue weighted by Gasteiger charge is -2.26. The highest BCUT2D eigenvalue weighted by Gasteiger charge is 2.17. The van der Waals surface area contributed by atoms with Gasteiger partial charge in [0.25, 0.3) is 5.91 Å². The van der Waals surface area contributed by atoms with Gasteiger partial charge in [-0.05, 0) is 24.3 Å². The highest BCUT2D eigenvalue weighted by Crippen LogP contribution is 2.18.